The molecule has 0 amide bonds. The van der Waals surface area contributed by atoms with E-state index in [2.05, 4.69) is 0 Å². The molecule has 0 aromatic carbocycles. The van der Waals surface area contributed by atoms with E-state index < -0.39 is 0 Å². The second kappa shape index (κ2) is 4.36. The predicted octanol–water partition coefficient (Wildman–Crippen LogP) is 4.72. The van der Waals surface area contributed by atoms with Crippen molar-refractivity contribution in [2.75, 3.05) is 0 Å². The molecule has 0 N–H and O–H groups in total. The van der Waals surface area contributed by atoms with Crippen LogP contribution < -0.4 is 0 Å². The van der Waals surface area contributed by atoms with Gasteiger partial charge < -0.3 is 0 Å². The third kappa shape index (κ3) is 1.99. The molecule has 1 aliphatic carbocycles. The van der Waals surface area contributed by atoms with Crippen LogP contribution in [0, 0.1) is 5.92 Å². The van der Waals surface area contributed by atoms with Crippen molar-refractivity contribution in [2.45, 2.75) is 81.4 Å². The molecule has 3 rings (SSSR count). The van der Waals surface area contributed by atoms with Gasteiger partial charge in [0.2, 0.25) is 0 Å². The summed E-state index contributed by atoms with van der Waals surface area (Å²) in [6.45, 7) is 0. The van der Waals surface area contributed by atoms with Gasteiger partial charge >= 0.3 is 0 Å². The van der Waals surface area contributed by atoms with Crippen LogP contribution in [-0.2, 0) is 0 Å². The molecule has 15 heavy (non-hydrogen) atoms. The summed E-state index contributed by atoms with van der Waals surface area (Å²) in [5.41, 5.74) is 1.16. The van der Waals surface area contributed by atoms with Gasteiger partial charge in [0.25, 0.3) is 0 Å². The number of rotatable bonds is 1. The van der Waals surface area contributed by atoms with Crippen LogP contribution in [0.5, 0.6) is 0 Å². The third-order valence-corrected chi connectivity index (χ3v) is 7.71. The summed E-state index contributed by atoms with van der Waals surface area (Å²) in [4.78, 5) is 0. The van der Waals surface area contributed by atoms with Crippen molar-refractivity contribution in [3.05, 3.63) is 0 Å². The molecule has 3 atom stereocenters. The summed E-state index contributed by atoms with van der Waals surface area (Å²) in [5, 5.41) is 0.877. The molecule has 3 aliphatic rings. The van der Waals surface area contributed by atoms with Gasteiger partial charge in [-0.1, -0.05) is 32.1 Å². The van der Waals surface area contributed by atoms with E-state index in [9.17, 15) is 0 Å². The van der Waals surface area contributed by atoms with Gasteiger partial charge in [-0.2, -0.15) is 0 Å². The molecular weight excluding hydrogens is 199 g/mol. The Hall–Kier alpha value is 0.430. The molecule has 1 saturated carbocycles. The van der Waals surface area contributed by atoms with E-state index in [-0.39, 0.29) is 0 Å². The minimum absolute atomic E-state index is 0.877. The summed E-state index contributed by atoms with van der Waals surface area (Å²) in [5.74, 6) is 1.15. The number of hydrogen-bond donors (Lipinski definition) is 0. The summed E-state index contributed by atoms with van der Waals surface area (Å²) >= 11 is 0. The van der Waals surface area contributed by atoms with Crippen LogP contribution in [-0.4, -0.2) is 10.8 Å². The van der Waals surface area contributed by atoms with E-state index in [1.165, 1.54) is 15.0 Å². The minimum Gasteiger partial charge on any atom is -0.112 e. The van der Waals surface area contributed by atoms with Crippen molar-refractivity contribution < 1.29 is 0 Å². The maximum absolute atomic E-state index is 1.61. The largest absolute Gasteiger partial charge is 0.112 e. The standard InChI is InChI=1S/C14H25P/c1-2-6-12(7-3-1)14-10-5-4-8-13(15-14)9-11-14/h12-13,15H,1-11H2. The molecule has 0 spiro atoms. The van der Waals surface area contributed by atoms with Crippen LogP contribution in [0.2, 0.25) is 0 Å². The molecule has 3 unspecified atom stereocenters. The highest BCUT2D eigenvalue weighted by Gasteiger charge is 2.45. The highest BCUT2D eigenvalue weighted by Crippen LogP contribution is 2.61. The van der Waals surface area contributed by atoms with Crippen LogP contribution in [0.25, 0.3) is 0 Å². The van der Waals surface area contributed by atoms with Crippen molar-refractivity contribution in [3.8, 4) is 0 Å². The highest BCUT2D eigenvalue weighted by molar-refractivity contribution is 7.41. The Kier molecular flexibility index (Phi) is 3.07. The molecule has 0 nitrogen and oxygen atoms in total. The van der Waals surface area contributed by atoms with Crippen molar-refractivity contribution in [1.82, 2.24) is 0 Å². The summed E-state index contributed by atoms with van der Waals surface area (Å²) in [6, 6.07) is 0. The van der Waals surface area contributed by atoms with E-state index in [1.807, 2.05) is 0 Å². The zero-order valence-corrected chi connectivity index (χ0v) is 10.9. The molecule has 3 fully saturated rings. The molecule has 2 heterocycles. The Morgan fingerprint density at radius 2 is 1.53 bits per heavy atom. The van der Waals surface area contributed by atoms with Gasteiger partial charge in [0.15, 0.2) is 0 Å². The lowest BCUT2D eigenvalue weighted by Gasteiger charge is -2.40. The quantitative estimate of drug-likeness (QED) is 0.565. The molecule has 1 heteroatoms. The smallest absolute Gasteiger partial charge is 0.00910 e. The molecule has 2 bridgehead atoms. The normalized spacial score (nSPS) is 44.4. The van der Waals surface area contributed by atoms with Crippen LogP contribution >= 0.6 is 8.58 Å². The van der Waals surface area contributed by atoms with E-state index in [4.69, 9.17) is 0 Å². The number of fused-ring (bicyclic) bond motifs is 2. The minimum atomic E-state index is 0.877. The molecule has 86 valence electrons. The third-order valence-electron chi connectivity index (χ3n) is 5.24. The SMILES string of the molecule is C1CCC(C23CCCCC(CC2)P3)CC1. The zero-order chi connectivity index (χ0) is 10.1. The summed E-state index contributed by atoms with van der Waals surface area (Å²) < 4.78 is 0. The van der Waals surface area contributed by atoms with Gasteiger partial charge in [0.05, 0.1) is 0 Å². The molecule has 0 radical (unpaired) electrons. The van der Waals surface area contributed by atoms with Gasteiger partial charge in [-0.15, -0.1) is 8.58 Å². The van der Waals surface area contributed by atoms with Gasteiger partial charge in [0, 0.05) is 0 Å². The van der Waals surface area contributed by atoms with Crippen molar-refractivity contribution >= 4 is 8.58 Å². The molecule has 2 saturated heterocycles. The second-order valence-electron chi connectivity index (χ2n) is 6.12. The first-order chi connectivity index (χ1) is 7.39. The van der Waals surface area contributed by atoms with Crippen molar-refractivity contribution in [3.63, 3.8) is 0 Å². The van der Waals surface area contributed by atoms with E-state index in [1.54, 1.807) is 64.2 Å². The maximum atomic E-state index is 1.61. The molecule has 0 aromatic rings. The topological polar surface area (TPSA) is 0 Å². The Balaban J connectivity index is 1.75. The van der Waals surface area contributed by atoms with E-state index in [0.717, 1.165) is 16.7 Å². The lowest BCUT2D eigenvalue weighted by atomic mass is 9.74. The van der Waals surface area contributed by atoms with Crippen molar-refractivity contribution in [1.29, 1.82) is 0 Å². The Morgan fingerprint density at radius 3 is 2.40 bits per heavy atom. The van der Waals surface area contributed by atoms with Gasteiger partial charge in [-0.25, -0.2) is 0 Å². The first kappa shape index (κ1) is 10.6. The highest BCUT2D eigenvalue weighted by atomic mass is 31.1. The van der Waals surface area contributed by atoms with Gasteiger partial charge in [0.1, 0.15) is 0 Å². The first-order valence-electron chi connectivity index (χ1n) is 7.17. The lowest BCUT2D eigenvalue weighted by molar-refractivity contribution is 0.251. The molecular formula is C14H25P. The van der Waals surface area contributed by atoms with Gasteiger partial charge in [-0.05, 0) is 55.3 Å². The van der Waals surface area contributed by atoms with Gasteiger partial charge in [-0.3, -0.25) is 0 Å². The van der Waals surface area contributed by atoms with Crippen LogP contribution in [0.4, 0.5) is 0 Å². The average molecular weight is 224 g/mol. The maximum Gasteiger partial charge on any atom is -0.00910 e. The van der Waals surface area contributed by atoms with E-state index >= 15 is 0 Å². The van der Waals surface area contributed by atoms with Crippen molar-refractivity contribution in [2.24, 2.45) is 5.92 Å². The monoisotopic (exact) mass is 224 g/mol. The zero-order valence-electron chi connectivity index (χ0n) is 9.93. The Bertz CT molecular complexity index is 219. The Morgan fingerprint density at radius 1 is 0.733 bits per heavy atom. The number of hydrogen-bond acceptors (Lipinski definition) is 0. The average Bonchev–Trinajstić information content (AvgIpc) is 2.56. The Labute approximate surface area is 96.4 Å². The van der Waals surface area contributed by atoms with E-state index in [0.29, 0.717) is 0 Å². The second-order valence-corrected chi connectivity index (χ2v) is 8.22. The molecule has 2 aliphatic heterocycles. The fourth-order valence-corrected chi connectivity index (χ4v) is 6.99. The summed E-state index contributed by atoms with van der Waals surface area (Å²) in [7, 11) is 1.35. The predicted molar refractivity (Wildman–Crippen MR) is 69.1 cm³/mol. The van der Waals surface area contributed by atoms with Crippen LogP contribution in [0.15, 0.2) is 0 Å². The first-order valence-corrected chi connectivity index (χ1v) is 8.24. The fraction of sp³-hybridized carbons (Fsp3) is 1.00. The summed E-state index contributed by atoms with van der Waals surface area (Å²) in [6.07, 6.45) is 17.3. The fourth-order valence-electron chi connectivity index (χ4n) is 4.41. The lowest BCUT2D eigenvalue weighted by Crippen LogP contribution is -2.32. The molecule has 0 aromatic heterocycles. The van der Waals surface area contributed by atoms with Crippen LogP contribution in [0.3, 0.4) is 0 Å². The van der Waals surface area contributed by atoms with Crippen LogP contribution in [0.1, 0.15) is 70.6 Å².